The van der Waals surface area contributed by atoms with Crippen LogP contribution < -0.4 is 5.73 Å². The van der Waals surface area contributed by atoms with Crippen LogP contribution in [0.5, 0.6) is 0 Å². The summed E-state index contributed by atoms with van der Waals surface area (Å²) in [6.07, 6.45) is 9.57. The Labute approximate surface area is 132 Å². The molecule has 0 radical (unpaired) electrons. The van der Waals surface area contributed by atoms with Gasteiger partial charge in [0.25, 0.3) is 0 Å². The van der Waals surface area contributed by atoms with Gasteiger partial charge in [0.05, 0.1) is 10.7 Å². The Morgan fingerprint density at radius 1 is 1.24 bits per heavy atom. The third-order valence-electron chi connectivity index (χ3n) is 6.65. The predicted molar refractivity (Wildman–Crippen MR) is 88.5 cm³/mol. The van der Waals surface area contributed by atoms with Crippen molar-refractivity contribution < 1.29 is 0 Å². The second-order valence-corrected chi connectivity index (χ2v) is 9.98. The first kappa shape index (κ1) is 14.2. The van der Waals surface area contributed by atoms with Crippen LogP contribution in [0.3, 0.4) is 0 Å². The highest BCUT2D eigenvalue weighted by Gasteiger charge is 2.57. The Balaban J connectivity index is 1.57. The summed E-state index contributed by atoms with van der Waals surface area (Å²) < 4.78 is 0. The highest BCUT2D eigenvalue weighted by atomic mass is 32.1. The fraction of sp³-hybridized carbons (Fsp3) is 0.833. The molecular formula is C18H28N2S. The van der Waals surface area contributed by atoms with Crippen molar-refractivity contribution in [1.82, 2.24) is 4.98 Å². The summed E-state index contributed by atoms with van der Waals surface area (Å²) in [5, 5.41) is 1.26. The number of aromatic nitrogens is 1. The molecule has 4 saturated carbocycles. The highest BCUT2D eigenvalue weighted by molar-refractivity contribution is 7.11. The third-order valence-corrected chi connectivity index (χ3v) is 7.75. The van der Waals surface area contributed by atoms with E-state index in [1.165, 1.54) is 54.1 Å². The molecule has 1 aromatic rings. The number of hydrogen-bond donors (Lipinski definition) is 1. The Morgan fingerprint density at radius 2 is 1.90 bits per heavy atom. The molecule has 3 atom stereocenters. The van der Waals surface area contributed by atoms with E-state index in [0.29, 0.717) is 16.9 Å². The van der Waals surface area contributed by atoms with E-state index in [-0.39, 0.29) is 0 Å². The zero-order chi connectivity index (χ0) is 14.8. The van der Waals surface area contributed by atoms with Gasteiger partial charge < -0.3 is 5.73 Å². The topological polar surface area (TPSA) is 38.9 Å². The number of hydrogen-bond acceptors (Lipinski definition) is 3. The third kappa shape index (κ3) is 2.28. The van der Waals surface area contributed by atoms with Gasteiger partial charge in [-0.05, 0) is 75.0 Å². The molecule has 3 heteroatoms. The fourth-order valence-electron chi connectivity index (χ4n) is 6.26. The SMILES string of the molecule is Cc1nc(CC(N)C23CC4CC(CC(C)(C4)C2)C3)sc1C. The highest BCUT2D eigenvalue weighted by Crippen LogP contribution is 2.66. The van der Waals surface area contributed by atoms with Crippen LogP contribution in [0, 0.1) is 36.5 Å². The average Bonchev–Trinajstić information content (AvgIpc) is 2.65. The van der Waals surface area contributed by atoms with Crippen molar-refractivity contribution in [1.29, 1.82) is 0 Å². The monoisotopic (exact) mass is 304 g/mol. The first-order valence-corrected chi connectivity index (χ1v) is 9.38. The summed E-state index contributed by atoms with van der Waals surface area (Å²) in [6.45, 7) is 6.82. The van der Waals surface area contributed by atoms with Crippen molar-refractivity contribution in [2.24, 2.45) is 28.4 Å². The maximum atomic E-state index is 6.79. The number of thiazole rings is 1. The quantitative estimate of drug-likeness (QED) is 0.907. The van der Waals surface area contributed by atoms with Gasteiger partial charge in [-0.3, -0.25) is 0 Å². The van der Waals surface area contributed by atoms with E-state index in [9.17, 15) is 0 Å². The van der Waals surface area contributed by atoms with E-state index in [1.807, 2.05) is 11.3 Å². The molecule has 1 aromatic heterocycles. The molecule has 2 nitrogen and oxygen atoms in total. The van der Waals surface area contributed by atoms with Gasteiger partial charge in [-0.15, -0.1) is 11.3 Å². The Kier molecular flexibility index (Phi) is 3.07. The minimum absolute atomic E-state index is 0.313. The van der Waals surface area contributed by atoms with Crippen LogP contribution in [0.1, 0.15) is 61.0 Å². The van der Waals surface area contributed by atoms with Gasteiger partial charge in [0.2, 0.25) is 0 Å². The van der Waals surface area contributed by atoms with Gasteiger partial charge in [0.15, 0.2) is 0 Å². The van der Waals surface area contributed by atoms with Crippen LogP contribution >= 0.6 is 11.3 Å². The Hall–Kier alpha value is -0.410. The maximum Gasteiger partial charge on any atom is 0.0946 e. The standard InChI is InChI=1S/C18H28N2S/c1-11-12(2)21-16(20-11)5-15(19)18-8-13-4-14(9-18)7-17(3,6-13)10-18/h13-15H,4-10,19H2,1-3H3. The van der Waals surface area contributed by atoms with Crippen molar-refractivity contribution in [2.45, 2.75) is 71.8 Å². The van der Waals surface area contributed by atoms with Gasteiger partial charge in [-0.1, -0.05) is 6.92 Å². The molecule has 0 spiro atoms. The van der Waals surface area contributed by atoms with E-state index < -0.39 is 0 Å². The molecule has 21 heavy (non-hydrogen) atoms. The molecule has 5 rings (SSSR count). The zero-order valence-electron chi connectivity index (χ0n) is 13.6. The lowest BCUT2D eigenvalue weighted by Crippen LogP contribution is -2.58. The lowest BCUT2D eigenvalue weighted by Gasteiger charge is -2.63. The van der Waals surface area contributed by atoms with E-state index in [2.05, 4.69) is 20.8 Å². The Bertz CT molecular complexity index is 528. The van der Waals surface area contributed by atoms with Gasteiger partial charge in [0.1, 0.15) is 0 Å². The van der Waals surface area contributed by atoms with Crippen LogP contribution in [0.25, 0.3) is 0 Å². The second-order valence-electron chi connectivity index (χ2n) is 8.69. The van der Waals surface area contributed by atoms with Crippen LogP contribution in [0.4, 0.5) is 0 Å². The summed E-state index contributed by atoms with van der Waals surface area (Å²) in [7, 11) is 0. The summed E-state index contributed by atoms with van der Waals surface area (Å²) in [4.78, 5) is 6.09. The molecule has 4 fully saturated rings. The van der Waals surface area contributed by atoms with Crippen molar-refractivity contribution >= 4 is 11.3 Å². The van der Waals surface area contributed by atoms with Crippen molar-refractivity contribution in [3.8, 4) is 0 Å². The second kappa shape index (κ2) is 4.55. The average molecular weight is 305 g/mol. The molecule has 4 bridgehead atoms. The number of nitrogens with two attached hydrogens (primary N) is 1. The normalized spacial score (nSPS) is 42.5. The lowest BCUT2D eigenvalue weighted by atomic mass is 9.43. The van der Waals surface area contributed by atoms with Gasteiger partial charge >= 0.3 is 0 Å². The van der Waals surface area contributed by atoms with Crippen molar-refractivity contribution in [3.63, 3.8) is 0 Å². The van der Waals surface area contributed by atoms with Crippen LogP contribution in [-0.2, 0) is 6.42 Å². The first-order valence-electron chi connectivity index (χ1n) is 8.56. The molecular weight excluding hydrogens is 276 g/mol. The molecule has 0 aliphatic heterocycles. The molecule has 0 saturated heterocycles. The lowest BCUT2D eigenvalue weighted by molar-refractivity contribution is -0.112. The Morgan fingerprint density at radius 3 is 2.43 bits per heavy atom. The van der Waals surface area contributed by atoms with Crippen LogP contribution in [0.15, 0.2) is 0 Å². The maximum absolute atomic E-state index is 6.79. The fourth-order valence-corrected chi connectivity index (χ4v) is 7.26. The van der Waals surface area contributed by atoms with Gasteiger partial charge in [-0.2, -0.15) is 0 Å². The van der Waals surface area contributed by atoms with Crippen LogP contribution in [0.2, 0.25) is 0 Å². The van der Waals surface area contributed by atoms with Crippen molar-refractivity contribution in [3.05, 3.63) is 15.6 Å². The molecule has 116 valence electrons. The molecule has 1 heterocycles. The van der Waals surface area contributed by atoms with Gasteiger partial charge in [0, 0.05) is 17.3 Å². The summed E-state index contributed by atoms with van der Waals surface area (Å²) in [6, 6.07) is 0.313. The number of aryl methyl sites for hydroxylation is 2. The minimum atomic E-state index is 0.313. The van der Waals surface area contributed by atoms with E-state index in [4.69, 9.17) is 10.7 Å². The molecule has 0 aromatic carbocycles. The summed E-state index contributed by atoms with van der Waals surface area (Å²) in [5.74, 6) is 1.92. The van der Waals surface area contributed by atoms with E-state index in [0.717, 1.165) is 18.3 Å². The smallest absolute Gasteiger partial charge is 0.0946 e. The summed E-state index contributed by atoms with van der Waals surface area (Å²) in [5.41, 5.74) is 9.00. The predicted octanol–water partition coefficient (Wildman–Crippen LogP) is 4.24. The molecule has 0 amide bonds. The molecule has 2 N–H and O–H groups in total. The number of rotatable bonds is 3. The van der Waals surface area contributed by atoms with E-state index in [1.54, 1.807) is 0 Å². The minimum Gasteiger partial charge on any atom is -0.327 e. The first-order chi connectivity index (χ1) is 9.87. The van der Waals surface area contributed by atoms with Gasteiger partial charge in [-0.25, -0.2) is 4.98 Å². The van der Waals surface area contributed by atoms with E-state index >= 15 is 0 Å². The molecule has 4 aliphatic carbocycles. The van der Waals surface area contributed by atoms with Crippen molar-refractivity contribution in [2.75, 3.05) is 0 Å². The largest absolute Gasteiger partial charge is 0.327 e. The van der Waals surface area contributed by atoms with Crippen LogP contribution in [-0.4, -0.2) is 11.0 Å². The number of nitrogens with zero attached hydrogens (tertiary/aromatic N) is 1. The molecule has 3 unspecified atom stereocenters. The summed E-state index contributed by atoms with van der Waals surface area (Å²) >= 11 is 1.85. The molecule has 4 aliphatic rings. The zero-order valence-corrected chi connectivity index (χ0v) is 14.4.